The zero-order valence-corrected chi connectivity index (χ0v) is 6.69. The Hall–Kier alpha value is -1.36. The molecular formula is C6H4N3O2S-. The molecule has 0 aromatic heterocycles. The van der Waals surface area contributed by atoms with Crippen LogP contribution in [0.3, 0.4) is 0 Å². The Labute approximate surface area is 70.9 Å². The summed E-state index contributed by atoms with van der Waals surface area (Å²) < 4.78 is 20.8. The van der Waals surface area contributed by atoms with Crippen molar-refractivity contribution in [2.24, 2.45) is 5.11 Å². The van der Waals surface area contributed by atoms with Gasteiger partial charge in [0.05, 0.1) is 0 Å². The van der Waals surface area contributed by atoms with Gasteiger partial charge in [0, 0.05) is 15.5 Å². The monoisotopic (exact) mass is 182 g/mol. The molecule has 1 aromatic rings. The lowest BCUT2D eigenvalue weighted by atomic mass is 10.3. The van der Waals surface area contributed by atoms with Gasteiger partial charge in [-0.05, 0) is 28.7 Å². The lowest BCUT2D eigenvalue weighted by Gasteiger charge is -2.03. The first-order valence-electron chi connectivity index (χ1n) is 2.98. The second-order valence-corrected chi connectivity index (χ2v) is 2.86. The first-order chi connectivity index (χ1) is 5.74. The molecule has 0 radical (unpaired) electrons. The number of hydrogen-bond donors (Lipinski definition) is 0. The summed E-state index contributed by atoms with van der Waals surface area (Å²) in [5.41, 5.74) is 8.34. The molecule has 5 nitrogen and oxygen atoms in total. The normalized spacial score (nSPS) is 11.8. The van der Waals surface area contributed by atoms with E-state index in [2.05, 4.69) is 10.0 Å². The molecule has 6 heteroatoms. The predicted molar refractivity (Wildman–Crippen MR) is 42.4 cm³/mol. The minimum absolute atomic E-state index is 0.111. The van der Waals surface area contributed by atoms with Crippen LogP contribution in [-0.2, 0) is 11.1 Å². The Morgan fingerprint density at radius 1 is 1.58 bits per heavy atom. The van der Waals surface area contributed by atoms with Crippen LogP contribution < -0.4 is 0 Å². The van der Waals surface area contributed by atoms with Crippen molar-refractivity contribution in [3.05, 3.63) is 34.7 Å². The molecule has 0 bridgehead atoms. The van der Waals surface area contributed by atoms with E-state index in [1.54, 1.807) is 0 Å². The average Bonchev–Trinajstić information content (AvgIpc) is 2.05. The Morgan fingerprint density at radius 2 is 2.33 bits per heavy atom. The SMILES string of the molecule is [N-]=[N+]=Nc1cccc(S(=O)[O-])c1. The molecule has 0 spiro atoms. The zero-order chi connectivity index (χ0) is 8.97. The fourth-order valence-corrected chi connectivity index (χ4v) is 1.11. The zero-order valence-electron chi connectivity index (χ0n) is 5.88. The highest BCUT2D eigenvalue weighted by Gasteiger charge is 1.92. The number of benzene rings is 1. The van der Waals surface area contributed by atoms with Crippen LogP contribution >= 0.6 is 0 Å². The highest BCUT2D eigenvalue weighted by Crippen LogP contribution is 2.15. The third-order valence-electron chi connectivity index (χ3n) is 1.17. The Morgan fingerprint density at radius 3 is 2.92 bits per heavy atom. The van der Waals surface area contributed by atoms with Gasteiger partial charge < -0.3 is 4.55 Å². The summed E-state index contributed by atoms with van der Waals surface area (Å²) in [6.45, 7) is 0. The molecule has 0 aliphatic carbocycles. The molecule has 0 N–H and O–H groups in total. The maximum absolute atomic E-state index is 10.4. The molecule has 0 saturated heterocycles. The molecular weight excluding hydrogens is 178 g/mol. The first-order valence-corrected chi connectivity index (χ1v) is 4.06. The van der Waals surface area contributed by atoms with Crippen molar-refractivity contribution in [1.82, 2.24) is 0 Å². The summed E-state index contributed by atoms with van der Waals surface area (Å²) in [4.78, 5) is 2.64. The van der Waals surface area contributed by atoms with E-state index in [0.29, 0.717) is 5.69 Å². The highest BCUT2D eigenvalue weighted by atomic mass is 32.2. The molecule has 0 aliphatic rings. The summed E-state index contributed by atoms with van der Waals surface area (Å²) in [5.74, 6) is 0. The van der Waals surface area contributed by atoms with E-state index in [1.807, 2.05) is 0 Å². The molecule has 1 aromatic carbocycles. The van der Waals surface area contributed by atoms with Crippen molar-refractivity contribution in [2.75, 3.05) is 0 Å². The number of nitrogens with zero attached hydrogens (tertiary/aromatic N) is 3. The van der Waals surface area contributed by atoms with Crippen molar-refractivity contribution in [2.45, 2.75) is 4.90 Å². The Bertz CT molecular complexity index is 342. The molecule has 1 unspecified atom stereocenters. The van der Waals surface area contributed by atoms with Gasteiger partial charge in [0.1, 0.15) is 0 Å². The molecule has 62 valence electrons. The summed E-state index contributed by atoms with van der Waals surface area (Å²) in [5, 5.41) is 3.26. The summed E-state index contributed by atoms with van der Waals surface area (Å²) in [7, 11) is 0. The van der Waals surface area contributed by atoms with Gasteiger partial charge in [-0.1, -0.05) is 17.2 Å². The van der Waals surface area contributed by atoms with Crippen LogP contribution in [-0.4, -0.2) is 8.76 Å². The number of hydrogen-bond acceptors (Lipinski definition) is 3. The van der Waals surface area contributed by atoms with E-state index < -0.39 is 11.1 Å². The lowest BCUT2D eigenvalue weighted by Crippen LogP contribution is -1.86. The van der Waals surface area contributed by atoms with Crippen LogP contribution in [0.4, 0.5) is 5.69 Å². The van der Waals surface area contributed by atoms with E-state index >= 15 is 0 Å². The minimum Gasteiger partial charge on any atom is -0.768 e. The van der Waals surface area contributed by atoms with Gasteiger partial charge in [-0.3, -0.25) is 4.21 Å². The number of rotatable bonds is 2. The Balaban J connectivity index is 3.11. The van der Waals surface area contributed by atoms with Gasteiger partial charge in [0.25, 0.3) is 0 Å². The standard InChI is InChI=1S/C6H5N3O2S/c7-9-8-5-2-1-3-6(4-5)12(10)11/h1-4H,(H,10,11)/p-1. The average molecular weight is 182 g/mol. The number of azide groups is 1. The van der Waals surface area contributed by atoms with Gasteiger partial charge in [-0.2, -0.15) is 0 Å². The first kappa shape index (κ1) is 8.73. The maximum atomic E-state index is 10.4. The van der Waals surface area contributed by atoms with Crippen LogP contribution in [0.2, 0.25) is 0 Å². The van der Waals surface area contributed by atoms with Crippen molar-refractivity contribution in [3.63, 3.8) is 0 Å². The van der Waals surface area contributed by atoms with Gasteiger partial charge in [0.15, 0.2) is 0 Å². The van der Waals surface area contributed by atoms with Gasteiger partial charge in [0.2, 0.25) is 0 Å². The summed E-state index contributed by atoms with van der Waals surface area (Å²) in [6.07, 6.45) is 0. The minimum atomic E-state index is -2.28. The molecule has 0 saturated carbocycles. The van der Waals surface area contributed by atoms with Crippen LogP contribution in [0.15, 0.2) is 34.3 Å². The van der Waals surface area contributed by atoms with Crippen LogP contribution in [0, 0.1) is 0 Å². The molecule has 1 atom stereocenters. The summed E-state index contributed by atoms with van der Waals surface area (Å²) >= 11 is -2.28. The molecule has 1 rings (SSSR count). The largest absolute Gasteiger partial charge is 0.768 e. The van der Waals surface area contributed by atoms with Crippen molar-refractivity contribution < 1.29 is 8.76 Å². The van der Waals surface area contributed by atoms with Crippen molar-refractivity contribution in [1.29, 1.82) is 0 Å². The van der Waals surface area contributed by atoms with E-state index in [4.69, 9.17) is 5.53 Å². The topological polar surface area (TPSA) is 88.9 Å². The van der Waals surface area contributed by atoms with Crippen LogP contribution in [0.1, 0.15) is 0 Å². The molecule has 0 aliphatic heterocycles. The van der Waals surface area contributed by atoms with E-state index in [1.165, 1.54) is 24.3 Å². The van der Waals surface area contributed by atoms with Gasteiger partial charge in [-0.15, -0.1) is 0 Å². The fraction of sp³-hybridized carbons (Fsp3) is 0. The van der Waals surface area contributed by atoms with E-state index in [9.17, 15) is 8.76 Å². The lowest BCUT2D eigenvalue weighted by molar-refractivity contribution is 0.537. The molecule has 0 fully saturated rings. The second kappa shape index (κ2) is 3.87. The molecule has 0 amide bonds. The van der Waals surface area contributed by atoms with E-state index in [0.717, 1.165) is 0 Å². The third kappa shape index (κ3) is 2.06. The highest BCUT2D eigenvalue weighted by molar-refractivity contribution is 7.79. The third-order valence-corrected chi connectivity index (χ3v) is 1.81. The molecule has 0 heterocycles. The predicted octanol–water partition coefficient (Wildman–Crippen LogP) is 1.87. The Kier molecular flexibility index (Phi) is 2.82. The van der Waals surface area contributed by atoms with Crippen LogP contribution in [0.5, 0.6) is 0 Å². The quantitative estimate of drug-likeness (QED) is 0.302. The summed E-state index contributed by atoms with van der Waals surface area (Å²) in [6, 6.07) is 5.74. The molecule has 12 heavy (non-hydrogen) atoms. The maximum Gasteiger partial charge on any atom is 0.0386 e. The van der Waals surface area contributed by atoms with Gasteiger partial charge in [-0.25, -0.2) is 0 Å². The smallest absolute Gasteiger partial charge is 0.0386 e. The van der Waals surface area contributed by atoms with Crippen molar-refractivity contribution >= 4 is 16.8 Å². The van der Waals surface area contributed by atoms with E-state index in [-0.39, 0.29) is 4.90 Å². The van der Waals surface area contributed by atoms with Gasteiger partial charge >= 0.3 is 0 Å². The fourth-order valence-electron chi connectivity index (χ4n) is 0.701. The van der Waals surface area contributed by atoms with Crippen LogP contribution in [0.25, 0.3) is 10.4 Å². The second-order valence-electron chi connectivity index (χ2n) is 1.92. The van der Waals surface area contributed by atoms with Crippen molar-refractivity contribution in [3.8, 4) is 0 Å².